The van der Waals surface area contributed by atoms with Crippen LogP contribution in [0.2, 0.25) is 0 Å². The molecule has 0 bridgehead atoms. The predicted molar refractivity (Wildman–Crippen MR) is 113 cm³/mol. The van der Waals surface area contributed by atoms with E-state index in [1.165, 1.54) is 6.33 Å². The van der Waals surface area contributed by atoms with E-state index < -0.39 is 11.8 Å². The molecule has 162 valence electrons. The van der Waals surface area contributed by atoms with Crippen LogP contribution in [0, 0.1) is 0 Å². The first kappa shape index (κ1) is 20.1. The first-order valence-electron chi connectivity index (χ1n) is 10.3. The van der Waals surface area contributed by atoms with Gasteiger partial charge < -0.3 is 14.4 Å². The van der Waals surface area contributed by atoms with Crippen LogP contribution >= 0.6 is 0 Å². The Hall–Kier alpha value is -3.85. The van der Waals surface area contributed by atoms with Crippen LogP contribution < -0.4 is 4.74 Å². The molecule has 9 heteroatoms. The fourth-order valence-corrected chi connectivity index (χ4v) is 3.93. The molecule has 0 radical (unpaired) electrons. The number of carbonyl (C=O) groups excluding carboxylic acids is 3. The van der Waals surface area contributed by atoms with Gasteiger partial charge in [-0.25, -0.2) is 9.97 Å². The van der Waals surface area contributed by atoms with Crippen molar-refractivity contribution in [3.8, 4) is 5.88 Å². The van der Waals surface area contributed by atoms with E-state index in [1.807, 2.05) is 24.3 Å². The number of rotatable bonds is 5. The largest absolute Gasteiger partial charge is 0.474 e. The molecule has 3 aromatic rings. The number of aromatic nitrogens is 2. The first-order chi connectivity index (χ1) is 15.6. The molecule has 32 heavy (non-hydrogen) atoms. The second kappa shape index (κ2) is 8.35. The van der Waals surface area contributed by atoms with Gasteiger partial charge in [-0.15, -0.1) is 0 Å². The van der Waals surface area contributed by atoms with Crippen molar-refractivity contribution in [2.45, 2.75) is 6.10 Å². The number of para-hydroxylation sites is 1. The highest BCUT2D eigenvalue weighted by atomic mass is 16.5. The van der Waals surface area contributed by atoms with Crippen molar-refractivity contribution in [3.63, 3.8) is 0 Å². The van der Waals surface area contributed by atoms with Gasteiger partial charge in [0.1, 0.15) is 25.6 Å². The van der Waals surface area contributed by atoms with E-state index in [-0.39, 0.29) is 25.2 Å². The number of carbonyl (C=O) groups is 3. The Morgan fingerprint density at radius 3 is 2.53 bits per heavy atom. The molecule has 9 nitrogen and oxygen atoms in total. The molecule has 1 aromatic heterocycles. The van der Waals surface area contributed by atoms with Gasteiger partial charge in [0.2, 0.25) is 11.8 Å². The van der Waals surface area contributed by atoms with Crippen molar-refractivity contribution in [1.82, 2.24) is 19.8 Å². The van der Waals surface area contributed by atoms with E-state index in [9.17, 15) is 14.4 Å². The second-order valence-electron chi connectivity index (χ2n) is 7.58. The van der Waals surface area contributed by atoms with Crippen LogP contribution in [-0.2, 0) is 9.53 Å². The first-order valence-corrected chi connectivity index (χ1v) is 10.3. The van der Waals surface area contributed by atoms with Crippen molar-refractivity contribution < 1.29 is 23.9 Å². The zero-order valence-electron chi connectivity index (χ0n) is 17.1. The van der Waals surface area contributed by atoms with Crippen LogP contribution in [0.4, 0.5) is 0 Å². The predicted octanol–water partition coefficient (Wildman–Crippen LogP) is 1.53. The lowest BCUT2D eigenvalue weighted by atomic mass is 10.1. The van der Waals surface area contributed by atoms with Crippen LogP contribution in [-0.4, -0.2) is 76.4 Å². The van der Waals surface area contributed by atoms with E-state index in [0.717, 1.165) is 15.8 Å². The summed E-state index contributed by atoms with van der Waals surface area (Å²) < 4.78 is 11.6. The molecule has 1 unspecified atom stereocenters. The summed E-state index contributed by atoms with van der Waals surface area (Å²) in [4.78, 5) is 48.9. The number of hydrogen-bond acceptors (Lipinski definition) is 7. The van der Waals surface area contributed by atoms with Crippen molar-refractivity contribution in [2.75, 3.05) is 32.8 Å². The molecule has 1 fully saturated rings. The third-order valence-electron chi connectivity index (χ3n) is 5.58. The molecule has 2 aliphatic heterocycles. The van der Waals surface area contributed by atoms with E-state index in [1.54, 1.807) is 29.2 Å². The molecular formula is C23H20N4O5. The van der Waals surface area contributed by atoms with Gasteiger partial charge >= 0.3 is 0 Å². The summed E-state index contributed by atoms with van der Waals surface area (Å²) in [5.41, 5.74) is 1.44. The second-order valence-corrected chi connectivity index (χ2v) is 7.58. The van der Waals surface area contributed by atoms with Gasteiger partial charge in [0.15, 0.2) is 0 Å². The van der Waals surface area contributed by atoms with Crippen LogP contribution in [0.15, 0.2) is 54.9 Å². The molecule has 2 aliphatic rings. The van der Waals surface area contributed by atoms with Crippen LogP contribution in [0.5, 0.6) is 5.88 Å². The third-order valence-corrected chi connectivity index (χ3v) is 5.58. The van der Waals surface area contributed by atoms with Crippen LogP contribution in [0.25, 0.3) is 10.9 Å². The zero-order chi connectivity index (χ0) is 22.1. The van der Waals surface area contributed by atoms with Crippen LogP contribution in [0.3, 0.4) is 0 Å². The molecular weight excluding hydrogens is 412 g/mol. The van der Waals surface area contributed by atoms with Gasteiger partial charge in [-0.1, -0.05) is 24.3 Å². The maximum atomic E-state index is 12.9. The third kappa shape index (κ3) is 3.67. The number of benzene rings is 2. The van der Waals surface area contributed by atoms with Gasteiger partial charge in [-0.3, -0.25) is 19.3 Å². The minimum Gasteiger partial charge on any atom is -0.474 e. The topological polar surface area (TPSA) is 102 Å². The minimum atomic E-state index is -0.442. The Kier molecular flexibility index (Phi) is 5.24. The van der Waals surface area contributed by atoms with Crippen molar-refractivity contribution in [1.29, 1.82) is 0 Å². The SMILES string of the molecule is O=C(CN1C(=O)c2ccccc2C1=O)N1CCOC(COc2ncnc3ccccc23)C1. The van der Waals surface area contributed by atoms with E-state index in [4.69, 9.17) is 9.47 Å². The number of hydrogen-bond donors (Lipinski definition) is 0. The van der Waals surface area contributed by atoms with Gasteiger partial charge in [0.05, 0.1) is 35.2 Å². The highest BCUT2D eigenvalue weighted by Crippen LogP contribution is 2.23. The fraction of sp³-hybridized carbons (Fsp3) is 0.261. The number of nitrogens with zero attached hydrogens (tertiary/aromatic N) is 4. The summed E-state index contributed by atoms with van der Waals surface area (Å²) in [5.74, 6) is -0.737. The number of morpholine rings is 1. The molecule has 1 atom stereocenters. The molecule has 3 amide bonds. The molecule has 0 saturated carbocycles. The lowest BCUT2D eigenvalue weighted by Gasteiger charge is -2.33. The van der Waals surface area contributed by atoms with Crippen LogP contribution in [0.1, 0.15) is 20.7 Å². The number of fused-ring (bicyclic) bond motifs is 2. The minimum absolute atomic E-state index is 0.206. The fourth-order valence-electron chi connectivity index (χ4n) is 3.93. The summed E-state index contributed by atoms with van der Waals surface area (Å²) in [6.07, 6.45) is 1.08. The number of ether oxygens (including phenoxy) is 2. The lowest BCUT2D eigenvalue weighted by Crippen LogP contribution is -2.51. The monoisotopic (exact) mass is 432 g/mol. The average Bonchev–Trinajstić information content (AvgIpc) is 3.08. The number of amides is 3. The van der Waals surface area contributed by atoms with Crippen molar-refractivity contribution in [2.24, 2.45) is 0 Å². The Morgan fingerprint density at radius 1 is 1.03 bits per heavy atom. The molecule has 5 rings (SSSR count). The molecule has 1 saturated heterocycles. The Balaban J connectivity index is 1.21. The van der Waals surface area contributed by atoms with Gasteiger partial charge in [0, 0.05) is 6.54 Å². The van der Waals surface area contributed by atoms with Gasteiger partial charge in [-0.2, -0.15) is 0 Å². The summed E-state index contributed by atoms with van der Waals surface area (Å²) in [6, 6.07) is 14.1. The van der Waals surface area contributed by atoms with Crippen molar-refractivity contribution in [3.05, 3.63) is 66.0 Å². The molecule has 0 aliphatic carbocycles. The number of imide groups is 1. The Labute approximate surface area is 183 Å². The molecule has 2 aromatic carbocycles. The maximum absolute atomic E-state index is 12.9. The van der Waals surface area contributed by atoms with Gasteiger partial charge in [0.25, 0.3) is 11.8 Å². The molecule has 3 heterocycles. The summed E-state index contributed by atoms with van der Waals surface area (Å²) in [5, 5.41) is 0.796. The normalized spacial score (nSPS) is 18.2. The quantitative estimate of drug-likeness (QED) is 0.564. The highest BCUT2D eigenvalue weighted by molar-refractivity contribution is 6.22. The highest BCUT2D eigenvalue weighted by Gasteiger charge is 2.37. The standard InChI is InChI=1S/C23H20N4O5/c28-20(12-27-22(29)16-5-1-2-6-17(16)23(27)30)26-9-10-31-15(11-26)13-32-21-18-7-3-4-8-19(18)24-14-25-21/h1-8,14-15H,9-13H2. The van der Waals surface area contributed by atoms with Gasteiger partial charge in [-0.05, 0) is 24.3 Å². The lowest BCUT2D eigenvalue weighted by molar-refractivity contribution is -0.140. The maximum Gasteiger partial charge on any atom is 0.262 e. The van der Waals surface area contributed by atoms with Crippen molar-refractivity contribution >= 4 is 28.6 Å². The zero-order valence-corrected chi connectivity index (χ0v) is 17.1. The summed E-state index contributed by atoms with van der Waals surface area (Å²) >= 11 is 0. The van der Waals surface area contributed by atoms with E-state index >= 15 is 0 Å². The Bertz CT molecular complexity index is 1170. The van der Waals surface area contributed by atoms with E-state index in [0.29, 0.717) is 36.7 Å². The summed E-state index contributed by atoms with van der Waals surface area (Å²) in [6.45, 7) is 0.931. The average molecular weight is 432 g/mol. The Morgan fingerprint density at radius 2 is 1.75 bits per heavy atom. The smallest absolute Gasteiger partial charge is 0.262 e. The summed E-state index contributed by atoms with van der Waals surface area (Å²) in [7, 11) is 0. The molecule has 0 spiro atoms. The molecule has 0 N–H and O–H groups in total. The van der Waals surface area contributed by atoms with E-state index in [2.05, 4.69) is 9.97 Å².